The van der Waals surface area contributed by atoms with Crippen molar-refractivity contribution in [3.8, 4) is 17.5 Å². The Labute approximate surface area is 267 Å². The summed E-state index contributed by atoms with van der Waals surface area (Å²) in [5.74, 6) is 0.696. The Morgan fingerprint density at radius 1 is 1.02 bits per heavy atom. The summed E-state index contributed by atoms with van der Waals surface area (Å²) in [6.07, 6.45) is 1.58. The lowest BCUT2D eigenvalue weighted by atomic mass is 10.2. The van der Waals surface area contributed by atoms with E-state index in [0.29, 0.717) is 44.3 Å². The zero-order chi connectivity index (χ0) is 31.4. The summed E-state index contributed by atoms with van der Waals surface area (Å²) in [4.78, 5) is 30.4. The predicted octanol–water partition coefficient (Wildman–Crippen LogP) is 4.59. The summed E-state index contributed by atoms with van der Waals surface area (Å²) in [6, 6.07) is 20.1. The van der Waals surface area contributed by atoms with E-state index in [-0.39, 0.29) is 23.7 Å². The van der Waals surface area contributed by atoms with Crippen LogP contribution in [0.4, 0.5) is 0 Å². The Bertz CT molecular complexity index is 2010. The number of hydrogen-bond donors (Lipinski definition) is 2. The first-order valence-corrected chi connectivity index (χ1v) is 14.4. The number of methoxy groups -OCH3 is 1. The smallest absolute Gasteiger partial charge is 0.332 e. The molecule has 0 aliphatic carbocycles. The van der Waals surface area contributed by atoms with Crippen LogP contribution in [0, 0.1) is 0 Å². The maximum absolute atomic E-state index is 13.3. The van der Waals surface area contributed by atoms with E-state index in [4.69, 9.17) is 44.9 Å². The molecule has 11 nitrogen and oxygen atoms in total. The molecular weight excluding hydrogens is 625 g/mol. The fourth-order valence-electron chi connectivity index (χ4n) is 4.40. The Balaban J connectivity index is 1.42. The molecule has 0 aliphatic rings. The standard InChI is InChI=1S/C30H27Cl2N7O4S/c1-37-26-25(27(40)38(2)30(37)41)39(17-20-10-11-21(31)14-22(20)32)29(35-26)43-23-12-9-19(13-24(23)42-3)16-34-36-28(44)33-15-18-7-5-4-6-8-18/h4-14,16H,15,17H2,1-3H3,(H2,33,36,44). The number of imidazole rings is 1. The third kappa shape index (κ3) is 6.62. The Morgan fingerprint density at radius 3 is 2.52 bits per heavy atom. The van der Waals surface area contributed by atoms with Crippen LogP contribution in [0.15, 0.2) is 81.4 Å². The van der Waals surface area contributed by atoms with Gasteiger partial charge in [0.25, 0.3) is 5.56 Å². The van der Waals surface area contributed by atoms with Gasteiger partial charge in [-0.05, 0) is 59.2 Å². The number of hydrogen-bond acceptors (Lipinski definition) is 7. The van der Waals surface area contributed by atoms with Crippen molar-refractivity contribution in [1.29, 1.82) is 0 Å². The summed E-state index contributed by atoms with van der Waals surface area (Å²) in [5, 5.41) is 8.53. The number of fused-ring (bicyclic) bond motifs is 1. The fourth-order valence-corrected chi connectivity index (χ4v) is 4.99. The quantitative estimate of drug-likeness (QED) is 0.135. The number of thiocarbonyl (C=S) groups is 1. The zero-order valence-electron chi connectivity index (χ0n) is 23.9. The van der Waals surface area contributed by atoms with Gasteiger partial charge in [-0.1, -0.05) is 59.6 Å². The Morgan fingerprint density at radius 2 is 1.80 bits per heavy atom. The third-order valence-electron chi connectivity index (χ3n) is 6.72. The maximum atomic E-state index is 13.3. The minimum absolute atomic E-state index is 0.0561. The van der Waals surface area contributed by atoms with Crippen LogP contribution in [0.5, 0.6) is 17.5 Å². The molecule has 5 rings (SSSR count). The summed E-state index contributed by atoms with van der Waals surface area (Å²) < 4.78 is 15.7. The van der Waals surface area contributed by atoms with Gasteiger partial charge in [0.2, 0.25) is 0 Å². The van der Waals surface area contributed by atoms with Crippen molar-refractivity contribution >= 4 is 57.9 Å². The molecule has 0 saturated carbocycles. The van der Waals surface area contributed by atoms with Gasteiger partial charge in [-0.3, -0.25) is 23.9 Å². The topological polar surface area (TPSA) is 117 Å². The van der Waals surface area contributed by atoms with Crippen LogP contribution in [-0.4, -0.2) is 37.1 Å². The zero-order valence-corrected chi connectivity index (χ0v) is 26.2. The summed E-state index contributed by atoms with van der Waals surface area (Å²) >= 11 is 17.8. The lowest BCUT2D eigenvalue weighted by molar-refractivity contribution is 0.361. The van der Waals surface area contributed by atoms with Gasteiger partial charge in [-0.25, -0.2) is 4.79 Å². The van der Waals surface area contributed by atoms with Crippen molar-refractivity contribution in [3.05, 3.63) is 114 Å². The van der Waals surface area contributed by atoms with Gasteiger partial charge in [-0.2, -0.15) is 10.1 Å². The van der Waals surface area contributed by atoms with Crippen LogP contribution in [0.1, 0.15) is 16.7 Å². The summed E-state index contributed by atoms with van der Waals surface area (Å²) in [7, 11) is 4.44. The molecule has 226 valence electrons. The van der Waals surface area contributed by atoms with Gasteiger partial charge in [0.05, 0.1) is 19.9 Å². The van der Waals surface area contributed by atoms with Gasteiger partial charge in [0.15, 0.2) is 27.8 Å². The van der Waals surface area contributed by atoms with Crippen molar-refractivity contribution in [2.75, 3.05) is 7.11 Å². The van der Waals surface area contributed by atoms with E-state index in [1.807, 2.05) is 30.3 Å². The monoisotopic (exact) mass is 651 g/mol. The van der Waals surface area contributed by atoms with Crippen LogP contribution < -0.4 is 31.5 Å². The Kier molecular flexibility index (Phi) is 9.33. The molecule has 0 spiro atoms. The van der Waals surface area contributed by atoms with Crippen molar-refractivity contribution in [2.24, 2.45) is 19.2 Å². The van der Waals surface area contributed by atoms with Crippen LogP contribution in [0.3, 0.4) is 0 Å². The molecule has 2 aromatic heterocycles. The molecule has 3 aromatic carbocycles. The number of nitrogens with one attached hydrogen (secondary N) is 2. The highest BCUT2D eigenvalue weighted by Gasteiger charge is 2.22. The van der Waals surface area contributed by atoms with E-state index in [9.17, 15) is 9.59 Å². The molecule has 44 heavy (non-hydrogen) atoms. The van der Waals surface area contributed by atoms with Crippen LogP contribution in [0.2, 0.25) is 10.0 Å². The Hall–Kier alpha value is -4.65. The second-order valence-electron chi connectivity index (χ2n) is 9.64. The minimum Gasteiger partial charge on any atom is -0.493 e. The van der Waals surface area contributed by atoms with E-state index in [2.05, 4.69) is 20.8 Å². The second kappa shape index (κ2) is 13.3. The molecule has 0 saturated heterocycles. The number of hydrazone groups is 1. The first kappa shape index (κ1) is 30.8. The van der Waals surface area contributed by atoms with Crippen molar-refractivity contribution in [3.63, 3.8) is 0 Å². The molecule has 2 heterocycles. The molecule has 0 amide bonds. The van der Waals surface area contributed by atoms with Gasteiger partial charge in [-0.15, -0.1) is 0 Å². The maximum Gasteiger partial charge on any atom is 0.332 e. The summed E-state index contributed by atoms with van der Waals surface area (Å²) in [5.41, 5.74) is 4.52. The van der Waals surface area contributed by atoms with Crippen molar-refractivity contribution in [1.82, 2.24) is 29.4 Å². The first-order chi connectivity index (χ1) is 21.2. The number of halogens is 2. The molecule has 5 aromatic rings. The number of aryl methyl sites for hydroxylation is 1. The average Bonchev–Trinajstić information content (AvgIpc) is 3.38. The highest BCUT2D eigenvalue weighted by atomic mass is 35.5. The van der Waals surface area contributed by atoms with Gasteiger partial charge >= 0.3 is 11.7 Å². The van der Waals surface area contributed by atoms with E-state index in [1.165, 1.54) is 25.8 Å². The minimum atomic E-state index is -0.530. The van der Waals surface area contributed by atoms with E-state index >= 15 is 0 Å². The normalized spacial score (nSPS) is 11.2. The predicted molar refractivity (Wildman–Crippen MR) is 175 cm³/mol. The fraction of sp³-hybridized carbons (Fsp3) is 0.167. The number of aromatic nitrogens is 4. The van der Waals surface area contributed by atoms with Crippen molar-refractivity contribution < 1.29 is 9.47 Å². The molecule has 14 heteroatoms. The van der Waals surface area contributed by atoms with E-state index < -0.39 is 11.2 Å². The third-order valence-corrected chi connectivity index (χ3v) is 7.54. The van der Waals surface area contributed by atoms with Crippen molar-refractivity contribution in [2.45, 2.75) is 13.1 Å². The van der Waals surface area contributed by atoms with E-state index in [0.717, 1.165) is 10.1 Å². The van der Waals surface area contributed by atoms with E-state index in [1.54, 1.807) is 47.2 Å². The van der Waals surface area contributed by atoms with Gasteiger partial charge < -0.3 is 14.8 Å². The highest BCUT2D eigenvalue weighted by Crippen LogP contribution is 2.33. The largest absolute Gasteiger partial charge is 0.493 e. The molecule has 0 unspecified atom stereocenters. The second-order valence-corrected chi connectivity index (χ2v) is 10.9. The van der Waals surface area contributed by atoms with Gasteiger partial charge in [0.1, 0.15) is 0 Å². The molecule has 0 fully saturated rings. The number of benzene rings is 3. The van der Waals surface area contributed by atoms with Crippen LogP contribution >= 0.6 is 35.4 Å². The first-order valence-electron chi connectivity index (χ1n) is 13.2. The van der Waals surface area contributed by atoms with Crippen LogP contribution in [-0.2, 0) is 27.2 Å². The average molecular weight is 653 g/mol. The molecule has 0 bridgehead atoms. The lowest BCUT2D eigenvalue weighted by Gasteiger charge is -2.13. The number of nitrogens with zero attached hydrogens (tertiary/aromatic N) is 5. The molecule has 2 N–H and O–H groups in total. The highest BCUT2D eigenvalue weighted by molar-refractivity contribution is 7.80. The van der Waals surface area contributed by atoms with Gasteiger partial charge in [0, 0.05) is 30.7 Å². The number of rotatable bonds is 9. The van der Waals surface area contributed by atoms with Crippen LogP contribution in [0.25, 0.3) is 11.2 Å². The molecular formula is C30H27Cl2N7O4S. The summed E-state index contributed by atoms with van der Waals surface area (Å²) in [6.45, 7) is 0.684. The number of ether oxygens (including phenoxy) is 2. The molecule has 0 atom stereocenters. The molecule has 0 radical (unpaired) electrons. The molecule has 0 aliphatic heterocycles. The SMILES string of the molecule is COc1cc(C=NNC(=S)NCc2ccccc2)ccc1Oc1nc2c(c(=O)n(C)c(=O)n2C)n1Cc1ccc(Cl)cc1Cl. The lowest BCUT2D eigenvalue weighted by Crippen LogP contribution is -2.37.